The number of ether oxygens (including phenoxy) is 1. The summed E-state index contributed by atoms with van der Waals surface area (Å²) in [6.45, 7) is 0.544. The number of carbonyl (C=O) groups excluding carboxylic acids is 2. The number of anilines is 1. The Balaban J connectivity index is 1.35. The van der Waals surface area contributed by atoms with E-state index in [2.05, 4.69) is 57.5 Å². The van der Waals surface area contributed by atoms with Gasteiger partial charge >= 0.3 is 12.1 Å². The highest BCUT2D eigenvalue weighted by molar-refractivity contribution is 14.1. The van der Waals surface area contributed by atoms with Crippen LogP contribution in [0.1, 0.15) is 27.4 Å². The minimum atomic E-state index is -0.886. The molecule has 0 spiro atoms. The third-order valence-electron chi connectivity index (χ3n) is 5.51. The number of halogens is 1. The molecule has 0 aromatic heterocycles. The predicted molar refractivity (Wildman–Crippen MR) is 145 cm³/mol. The summed E-state index contributed by atoms with van der Waals surface area (Å²) in [7, 11) is 0. The van der Waals surface area contributed by atoms with Gasteiger partial charge in [-0.05, 0) is 63.0 Å². The molecular weight excluding hydrogens is 579 g/mol. The number of rotatable bonds is 9. The lowest BCUT2D eigenvalue weighted by molar-refractivity contribution is -0.133. The normalized spacial score (nSPS) is 11.9. The summed E-state index contributed by atoms with van der Waals surface area (Å²) >= 11 is 3.31. The summed E-state index contributed by atoms with van der Waals surface area (Å²) in [4.78, 5) is 35.6. The number of carboxylic acids is 1. The molecule has 0 bridgehead atoms. The zero-order valence-electron chi connectivity index (χ0n) is 18.6. The summed E-state index contributed by atoms with van der Waals surface area (Å²) in [6, 6.07) is 21.3. The first-order chi connectivity index (χ1) is 16.9. The van der Waals surface area contributed by atoms with Gasteiger partial charge in [0.15, 0.2) is 0 Å². The fraction of sp³-hybridized carbons (Fsp3) is 0.192. The van der Waals surface area contributed by atoms with E-state index in [4.69, 9.17) is 9.84 Å². The van der Waals surface area contributed by atoms with Gasteiger partial charge in [-0.2, -0.15) is 0 Å². The monoisotopic (exact) mass is 602 g/mol. The molecule has 2 amide bonds. The maximum absolute atomic E-state index is 12.6. The highest BCUT2D eigenvalue weighted by Crippen LogP contribution is 2.44. The average Bonchev–Trinajstić information content (AvgIpc) is 3.15. The van der Waals surface area contributed by atoms with Gasteiger partial charge in [0.05, 0.1) is 5.75 Å². The molecule has 3 aromatic rings. The number of amides is 2. The van der Waals surface area contributed by atoms with Crippen molar-refractivity contribution < 1.29 is 24.2 Å². The highest BCUT2D eigenvalue weighted by atomic mass is 127. The Kier molecular flexibility index (Phi) is 8.29. The van der Waals surface area contributed by atoms with Crippen molar-refractivity contribution in [2.24, 2.45) is 0 Å². The quantitative estimate of drug-likeness (QED) is 0.230. The molecule has 1 aliphatic rings. The number of benzene rings is 3. The van der Waals surface area contributed by atoms with E-state index in [1.165, 1.54) is 11.8 Å². The van der Waals surface area contributed by atoms with Crippen molar-refractivity contribution in [3.63, 3.8) is 0 Å². The van der Waals surface area contributed by atoms with E-state index in [-0.39, 0.29) is 24.2 Å². The first kappa shape index (κ1) is 25.1. The topological polar surface area (TPSA) is 105 Å². The molecule has 3 N–H and O–H groups in total. The Labute approximate surface area is 220 Å². The maximum Gasteiger partial charge on any atom is 0.411 e. The van der Waals surface area contributed by atoms with Crippen LogP contribution in [0.3, 0.4) is 0 Å². The van der Waals surface area contributed by atoms with Crippen molar-refractivity contribution in [1.82, 2.24) is 5.32 Å². The van der Waals surface area contributed by atoms with Crippen LogP contribution in [0.25, 0.3) is 11.1 Å². The standard InChI is InChI=1S/C26H23IN2O5S/c27-17-11-16(25(32)28-9-10-35-15-24(30)31)12-18(13-17)29-26(33)34-14-23-21-7-3-1-5-19(21)20-6-2-4-8-22(20)23/h1-8,11-13,23H,9-10,14-15H2,(H,28,32)(H,29,33)(H,30,31). The summed E-state index contributed by atoms with van der Waals surface area (Å²) in [5, 5.41) is 14.2. The smallest absolute Gasteiger partial charge is 0.411 e. The van der Waals surface area contributed by atoms with Crippen LogP contribution in [0, 0.1) is 3.57 Å². The molecule has 180 valence electrons. The Morgan fingerprint density at radius 3 is 2.29 bits per heavy atom. The molecule has 35 heavy (non-hydrogen) atoms. The molecule has 0 atom stereocenters. The molecule has 9 heteroatoms. The Morgan fingerprint density at radius 2 is 1.63 bits per heavy atom. The number of fused-ring (bicyclic) bond motifs is 3. The number of hydrogen-bond donors (Lipinski definition) is 3. The molecule has 0 fully saturated rings. The molecule has 0 saturated heterocycles. The summed E-state index contributed by atoms with van der Waals surface area (Å²) < 4.78 is 6.37. The lowest BCUT2D eigenvalue weighted by atomic mass is 9.98. The van der Waals surface area contributed by atoms with Crippen molar-refractivity contribution >= 4 is 58.0 Å². The molecule has 0 saturated carbocycles. The second-order valence-corrected chi connectivity index (χ2v) is 10.2. The van der Waals surface area contributed by atoms with Crippen LogP contribution in [0.4, 0.5) is 10.5 Å². The summed E-state index contributed by atoms with van der Waals surface area (Å²) in [6.07, 6.45) is -0.592. The number of carbonyl (C=O) groups is 3. The lowest BCUT2D eigenvalue weighted by Gasteiger charge is -2.15. The first-order valence-electron chi connectivity index (χ1n) is 10.9. The van der Waals surface area contributed by atoms with Crippen LogP contribution in [0.2, 0.25) is 0 Å². The Morgan fingerprint density at radius 1 is 0.971 bits per heavy atom. The van der Waals surface area contributed by atoms with Gasteiger partial charge in [0.25, 0.3) is 5.91 Å². The van der Waals surface area contributed by atoms with Crippen LogP contribution in [-0.2, 0) is 9.53 Å². The van der Waals surface area contributed by atoms with E-state index in [0.717, 1.165) is 25.8 Å². The molecule has 4 rings (SSSR count). The highest BCUT2D eigenvalue weighted by Gasteiger charge is 2.29. The van der Waals surface area contributed by atoms with Crippen molar-refractivity contribution in [2.75, 3.05) is 30.0 Å². The van der Waals surface area contributed by atoms with Gasteiger partial charge in [0.2, 0.25) is 0 Å². The maximum atomic E-state index is 12.6. The second-order valence-electron chi connectivity index (χ2n) is 7.88. The van der Waals surface area contributed by atoms with Gasteiger partial charge in [0, 0.05) is 33.0 Å². The molecular formula is C26H23IN2O5S. The van der Waals surface area contributed by atoms with Gasteiger partial charge in [-0.3, -0.25) is 14.9 Å². The fourth-order valence-corrected chi connectivity index (χ4v) is 5.28. The third-order valence-corrected chi connectivity index (χ3v) is 7.07. The van der Waals surface area contributed by atoms with Crippen molar-refractivity contribution in [3.05, 3.63) is 87.0 Å². The largest absolute Gasteiger partial charge is 0.481 e. The van der Waals surface area contributed by atoms with Gasteiger partial charge in [0.1, 0.15) is 6.61 Å². The second kappa shape index (κ2) is 11.6. The number of hydrogen-bond acceptors (Lipinski definition) is 5. The molecule has 0 radical (unpaired) electrons. The van der Waals surface area contributed by atoms with E-state index >= 15 is 0 Å². The van der Waals surface area contributed by atoms with E-state index in [1.54, 1.807) is 18.2 Å². The van der Waals surface area contributed by atoms with E-state index in [1.807, 2.05) is 24.3 Å². The van der Waals surface area contributed by atoms with E-state index in [0.29, 0.717) is 23.5 Å². The van der Waals surface area contributed by atoms with Gasteiger partial charge in [-0.15, -0.1) is 11.8 Å². The minimum absolute atomic E-state index is 0.00663. The van der Waals surface area contributed by atoms with Crippen LogP contribution in [0.15, 0.2) is 66.7 Å². The van der Waals surface area contributed by atoms with Gasteiger partial charge < -0.3 is 15.2 Å². The van der Waals surface area contributed by atoms with Crippen LogP contribution in [-0.4, -0.2) is 47.7 Å². The molecule has 3 aromatic carbocycles. The van der Waals surface area contributed by atoms with Crippen molar-refractivity contribution in [1.29, 1.82) is 0 Å². The molecule has 0 heterocycles. The van der Waals surface area contributed by atoms with E-state index in [9.17, 15) is 14.4 Å². The summed E-state index contributed by atoms with van der Waals surface area (Å²) in [5.74, 6) is -0.734. The number of carboxylic acid groups (broad SMARTS) is 1. The fourth-order valence-electron chi connectivity index (χ4n) is 4.04. The summed E-state index contributed by atoms with van der Waals surface area (Å²) in [5.41, 5.74) is 5.44. The van der Waals surface area contributed by atoms with Crippen LogP contribution in [0.5, 0.6) is 0 Å². The molecule has 1 aliphatic carbocycles. The van der Waals surface area contributed by atoms with Gasteiger partial charge in [-0.1, -0.05) is 48.5 Å². The Hall–Kier alpha value is -3.05. The number of thioether (sulfide) groups is 1. The van der Waals surface area contributed by atoms with Crippen molar-refractivity contribution in [2.45, 2.75) is 5.92 Å². The average molecular weight is 602 g/mol. The SMILES string of the molecule is O=C(O)CSCCNC(=O)c1cc(I)cc(NC(=O)OCC2c3ccccc3-c3ccccc32)c1. The van der Waals surface area contributed by atoms with Crippen molar-refractivity contribution in [3.8, 4) is 11.1 Å². The zero-order valence-corrected chi connectivity index (χ0v) is 21.6. The number of nitrogens with one attached hydrogen (secondary N) is 2. The van der Waals surface area contributed by atoms with Crippen LogP contribution >= 0.6 is 34.4 Å². The van der Waals surface area contributed by atoms with Gasteiger partial charge in [-0.25, -0.2) is 4.79 Å². The molecule has 0 unspecified atom stereocenters. The molecule has 0 aliphatic heterocycles. The van der Waals surface area contributed by atoms with E-state index < -0.39 is 12.1 Å². The Bertz CT molecular complexity index is 1220. The van der Waals surface area contributed by atoms with Crippen LogP contribution < -0.4 is 10.6 Å². The predicted octanol–water partition coefficient (Wildman–Crippen LogP) is 5.20. The zero-order chi connectivity index (χ0) is 24.8. The number of aliphatic carboxylic acids is 1. The lowest BCUT2D eigenvalue weighted by Crippen LogP contribution is -2.26. The first-order valence-corrected chi connectivity index (χ1v) is 13.2. The minimum Gasteiger partial charge on any atom is -0.481 e. The molecule has 7 nitrogen and oxygen atoms in total. The third kappa shape index (κ3) is 6.34.